The third kappa shape index (κ3) is 2.95. The predicted octanol–water partition coefficient (Wildman–Crippen LogP) is 1.33. The van der Waals surface area contributed by atoms with Gasteiger partial charge in [0.1, 0.15) is 5.75 Å². The van der Waals surface area contributed by atoms with Crippen molar-refractivity contribution in [2.75, 3.05) is 7.11 Å². The largest absolute Gasteiger partial charge is 0.506 e. The summed E-state index contributed by atoms with van der Waals surface area (Å²) >= 11 is 5.63. The van der Waals surface area contributed by atoms with Crippen LogP contribution in [0.15, 0.2) is 18.2 Å². The number of aromatic hydroxyl groups is 1. The second kappa shape index (κ2) is 4.79. The van der Waals surface area contributed by atoms with Crippen molar-refractivity contribution >= 4 is 23.4 Å². The van der Waals surface area contributed by atoms with Crippen LogP contribution in [0, 0.1) is 0 Å². The summed E-state index contributed by atoms with van der Waals surface area (Å²) in [5.41, 5.74) is 0.549. The normalized spacial score (nSPS) is 9.73. The molecule has 0 spiro atoms. The van der Waals surface area contributed by atoms with Crippen molar-refractivity contribution in [2.45, 2.75) is 6.42 Å². The number of phenolic OH excluding ortho intramolecular Hbond substituents is 1. The van der Waals surface area contributed by atoms with Crippen molar-refractivity contribution in [1.82, 2.24) is 0 Å². The predicted molar refractivity (Wildman–Crippen MR) is 53.8 cm³/mol. The van der Waals surface area contributed by atoms with Gasteiger partial charge in [0.2, 0.25) is 5.78 Å². The number of ketones is 1. The highest BCUT2D eigenvalue weighted by molar-refractivity contribution is 6.34. The molecule has 0 unspecified atom stereocenters. The molecule has 15 heavy (non-hydrogen) atoms. The molecule has 5 heteroatoms. The maximum Gasteiger partial charge on any atom is 0.374 e. The van der Waals surface area contributed by atoms with Crippen LogP contribution in [0.4, 0.5) is 0 Å². The van der Waals surface area contributed by atoms with Gasteiger partial charge in [0.25, 0.3) is 0 Å². The first-order valence-corrected chi connectivity index (χ1v) is 4.51. The number of ether oxygens (including phenoxy) is 1. The van der Waals surface area contributed by atoms with E-state index in [0.29, 0.717) is 5.56 Å². The number of Topliss-reactive ketones (excluding diaryl/α,β-unsaturated/α-hetero) is 1. The molecule has 0 radical (unpaired) electrons. The molecule has 80 valence electrons. The van der Waals surface area contributed by atoms with Gasteiger partial charge in [-0.05, 0) is 17.7 Å². The molecule has 0 bridgehead atoms. The van der Waals surface area contributed by atoms with E-state index in [1.165, 1.54) is 18.2 Å². The van der Waals surface area contributed by atoms with Crippen molar-refractivity contribution in [3.05, 3.63) is 28.8 Å². The number of carbonyl (C=O) groups is 2. The van der Waals surface area contributed by atoms with Crippen LogP contribution in [0.1, 0.15) is 5.56 Å². The Bertz CT molecular complexity index is 400. The third-order valence-corrected chi connectivity index (χ3v) is 2.09. The molecular formula is C10H9ClO4. The fraction of sp³-hybridized carbons (Fsp3) is 0.200. The van der Waals surface area contributed by atoms with E-state index in [1.54, 1.807) is 0 Å². The Labute approximate surface area is 91.4 Å². The van der Waals surface area contributed by atoms with Crippen LogP contribution in [-0.4, -0.2) is 24.0 Å². The molecule has 0 atom stereocenters. The Kier molecular flexibility index (Phi) is 3.68. The van der Waals surface area contributed by atoms with Crippen molar-refractivity contribution in [3.63, 3.8) is 0 Å². The first-order valence-electron chi connectivity index (χ1n) is 4.13. The second-order valence-electron chi connectivity index (χ2n) is 2.88. The highest BCUT2D eigenvalue weighted by Crippen LogP contribution is 2.23. The minimum absolute atomic E-state index is 0.0640. The van der Waals surface area contributed by atoms with Gasteiger partial charge in [-0.3, -0.25) is 4.79 Å². The summed E-state index contributed by atoms with van der Waals surface area (Å²) in [6, 6.07) is 4.31. The number of rotatable bonds is 3. The quantitative estimate of drug-likeness (QED) is 0.626. The summed E-state index contributed by atoms with van der Waals surface area (Å²) in [5, 5.41) is 9.27. The van der Waals surface area contributed by atoms with Crippen molar-refractivity contribution in [2.24, 2.45) is 0 Å². The van der Waals surface area contributed by atoms with Gasteiger partial charge in [-0.2, -0.15) is 0 Å². The minimum atomic E-state index is -0.890. The second-order valence-corrected chi connectivity index (χ2v) is 3.28. The highest BCUT2D eigenvalue weighted by atomic mass is 35.5. The van der Waals surface area contributed by atoms with Crippen LogP contribution in [0.3, 0.4) is 0 Å². The fourth-order valence-corrected chi connectivity index (χ4v) is 1.23. The number of phenols is 1. The van der Waals surface area contributed by atoms with Gasteiger partial charge in [-0.1, -0.05) is 17.7 Å². The molecule has 0 aromatic heterocycles. The monoisotopic (exact) mass is 228 g/mol. The summed E-state index contributed by atoms with van der Waals surface area (Å²) in [5.74, 6) is -1.61. The van der Waals surface area contributed by atoms with Crippen LogP contribution in [0.25, 0.3) is 0 Å². The molecule has 0 aliphatic carbocycles. The van der Waals surface area contributed by atoms with Gasteiger partial charge in [0, 0.05) is 6.42 Å². The van der Waals surface area contributed by atoms with E-state index in [1.807, 2.05) is 0 Å². The zero-order valence-electron chi connectivity index (χ0n) is 7.99. The van der Waals surface area contributed by atoms with Crippen molar-refractivity contribution < 1.29 is 19.4 Å². The average molecular weight is 229 g/mol. The first kappa shape index (κ1) is 11.5. The number of methoxy groups -OCH3 is 1. The standard InChI is InChI=1S/C10H9ClO4/c1-15-10(14)9(13)5-6-2-3-8(12)7(11)4-6/h2-4,12H,5H2,1H3. The Morgan fingerprint density at radius 2 is 2.13 bits per heavy atom. The minimum Gasteiger partial charge on any atom is -0.506 e. The van der Waals surface area contributed by atoms with E-state index in [9.17, 15) is 9.59 Å². The van der Waals surface area contributed by atoms with E-state index < -0.39 is 11.8 Å². The maximum atomic E-state index is 11.2. The number of esters is 1. The lowest BCUT2D eigenvalue weighted by Crippen LogP contribution is -2.17. The molecule has 0 aliphatic rings. The third-order valence-electron chi connectivity index (χ3n) is 1.79. The zero-order valence-corrected chi connectivity index (χ0v) is 8.75. The number of hydrogen-bond donors (Lipinski definition) is 1. The molecule has 0 fully saturated rings. The Morgan fingerprint density at radius 3 is 2.67 bits per heavy atom. The molecule has 1 rings (SSSR count). The van der Waals surface area contributed by atoms with Crippen molar-refractivity contribution in [1.29, 1.82) is 0 Å². The van der Waals surface area contributed by atoms with Crippen LogP contribution in [-0.2, 0) is 20.7 Å². The van der Waals surface area contributed by atoms with Gasteiger partial charge < -0.3 is 9.84 Å². The van der Waals surface area contributed by atoms with E-state index in [0.717, 1.165) is 7.11 Å². The molecule has 4 nitrogen and oxygen atoms in total. The molecule has 1 aromatic carbocycles. The lowest BCUT2D eigenvalue weighted by Gasteiger charge is -2.01. The summed E-state index contributed by atoms with van der Waals surface area (Å²) < 4.78 is 4.27. The maximum absolute atomic E-state index is 11.2. The zero-order chi connectivity index (χ0) is 11.4. The number of benzene rings is 1. The Balaban J connectivity index is 2.77. The molecule has 0 aliphatic heterocycles. The first-order chi connectivity index (χ1) is 7.04. The average Bonchev–Trinajstić information content (AvgIpc) is 2.22. The fourth-order valence-electron chi connectivity index (χ4n) is 1.03. The van der Waals surface area contributed by atoms with E-state index >= 15 is 0 Å². The van der Waals surface area contributed by atoms with Gasteiger partial charge in [-0.25, -0.2) is 4.79 Å². The molecule has 1 N–H and O–H groups in total. The number of hydrogen-bond acceptors (Lipinski definition) is 4. The topological polar surface area (TPSA) is 63.6 Å². The van der Waals surface area contributed by atoms with Gasteiger partial charge in [0.05, 0.1) is 12.1 Å². The molecular weight excluding hydrogens is 220 g/mol. The van der Waals surface area contributed by atoms with Crippen LogP contribution < -0.4 is 0 Å². The van der Waals surface area contributed by atoms with Crippen molar-refractivity contribution in [3.8, 4) is 5.75 Å². The summed E-state index contributed by atoms with van der Waals surface area (Å²) in [7, 11) is 1.14. The highest BCUT2D eigenvalue weighted by Gasteiger charge is 2.14. The summed E-state index contributed by atoms with van der Waals surface area (Å²) in [6.45, 7) is 0. The van der Waals surface area contributed by atoms with Gasteiger partial charge in [-0.15, -0.1) is 0 Å². The molecule has 0 heterocycles. The van der Waals surface area contributed by atoms with Crippen LogP contribution >= 0.6 is 11.6 Å². The van der Waals surface area contributed by atoms with E-state index in [-0.39, 0.29) is 17.2 Å². The number of carbonyl (C=O) groups excluding carboxylic acids is 2. The Hall–Kier alpha value is -1.55. The molecule has 0 amide bonds. The van der Waals surface area contributed by atoms with Gasteiger partial charge >= 0.3 is 5.97 Å². The molecule has 0 saturated heterocycles. The van der Waals surface area contributed by atoms with Crippen LogP contribution in [0.5, 0.6) is 5.75 Å². The summed E-state index contributed by atoms with van der Waals surface area (Å²) in [6.07, 6.45) is -0.0906. The molecule has 1 aromatic rings. The van der Waals surface area contributed by atoms with E-state index in [4.69, 9.17) is 16.7 Å². The Morgan fingerprint density at radius 1 is 1.47 bits per heavy atom. The van der Waals surface area contributed by atoms with Gasteiger partial charge in [0.15, 0.2) is 0 Å². The SMILES string of the molecule is COC(=O)C(=O)Cc1ccc(O)c(Cl)c1. The summed E-state index contributed by atoms with van der Waals surface area (Å²) in [4.78, 5) is 22.0. The van der Waals surface area contributed by atoms with Crippen LogP contribution in [0.2, 0.25) is 5.02 Å². The number of halogens is 1. The smallest absolute Gasteiger partial charge is 0.374 e. The van der Waals surface area contributed by atoms with E-state index in [2.05, 4.69) is 4.74 Å². The lowest BCUT2D eigenvalue weighted by atomic mass is 10.1. The molecule has 0 saturated carbocycles. The lowest BCUT2D eigenvalue weighted by molar-refractivity contribution is -0.151.